The minimum atomic E-state index is -0.0729. The largest absolute Gasteiger partial charge is 0.351 e. The smallest absolute Gasteiger partial charge is 0.226 e. The van der Waals surface area contributed by atoms with Crippen molar-refractivity contribution in [3.8, 4) is 0 Å². The number of aryl methyl sites for hydroxylation is 1. The molecular formula is C28H33N5OS. The maximum absolute atomic E-state index is 12.3. The van der Waals surface area contributed by atoms with Crippen LogP contribution in [-0.2, 0) is 4.79 Å². The van der Waals surface area contributed by atoms with E-state index in [1.165, 1.54) is 31.4 Å². The first-order valence-electron chi connectivity index (χ1n) is 12.5. The standard InChI is InChI=1S/C28H33N5OS/c1-18(2)27(34)30-22-14-13-21(17-19(22)3)33-26(24-12-8-16-32(24)20-9-4-5-10-20)25(31-28(33)35)23-11-6-7-15-29-23/h6-8,11-18,20,25-26H,4-5,9-10H2,1-3H3,(H,30,34)(H,31,35)/t25-,26-/m0/s1. The number of rotatable bonds is 6. The third-order valence-corrected chi connectivity index (χ3v) is 7.52. The fraction of sp³-hybridized carbons (Fsp3) is 0.393. The summed E-state index contributed by atoms with van der Waals surface area (Å²) >= 11 is 5.92. The molecule has 1 aliphatic carbocycles. The van der Waals surface area contributed by atoms with Crippen LogP contribution < -0.4 is 15.5 Å². The molecule has 182 valence electrons. The second kappa shape index (κ2) is 9.82. The van der Waals surface area contributed by atoms with Crippen LogP contribution in [0.2, 0.25) is 0 Å². The predicted molar refractivity (Wildman–Crippen MR) is 145 cm³/mol. The molecule has 2 aromatic heterocycles. The maximum atomic E-state index is 12.3. The minimum Gasteiger partial charge on any atom is -0.351 e. The zero-order chi connectivity index (χ0) is 24.5. The molecule has 1 aliphatic heterocycles. The zero-order valence-corrected chi connectivity index (χ0v) is 21.4. The van der Waals surface area contributed by atoms with Gasteiger partial charge in [0.1, 0.15) is 6.04 Å². The summed E-state index contributed by atoms with van der Waals surface area (Å²) in [6.45, 7) is 5.82. The Morgan fingerprint density at radius 2 is 1.94 bits per heavy atom. The van der Waals surface area contributed by atoms with Gasteiger partial charge < -0.3 is 20.1 Å². The van der Waals surface area contributed by atoms with Gasteiger partial charge in [-0.05, 0) is 80.0 Å². The number of aromatic nitrogens is 2. The zero-order valence-electron chi connectivity index (χ0n) is 20.6. The number of carbonyl (C=O) groups is 1. The molecule has 5 rings (SSSR count). The lowest BCUT2D eigenvalue weighted by Gasteiger charge is -2.30. The van der Waals surface area contributed by atoms with Crippen molar-refractivity contribution < 1.29 is 4.79 Å². The van der Waals surface area contributed by atoms with Crippen LogP contribution in [0.5, 0.6) is 0 Å². The van der Waals surface area contributed by atoms with Crippen molar-refractivity contribution in [3.05, 3.63) is 77.9 Å². The maximum Gasteiger partial charge on any atom is 0.226 e. The Balaban J connectivity index is 1.56. The van der Waals surface area contributed by atoms with Gasteiger partial charge in [-0.15, -0.1) is 0 Å². The first-order chi connectivity index (χ1) is 16.9. The fourth-order valence-electron chi connectivity index (χ4n) is 5.32. The number of hydrogen-bond acceptors (Lipinski definition) is 3. The summed E-state index contributed by atoms with van der Waals surface area (Å²) in [6.07, 6.45) is 9.04. The summed E-state index contributed by atoms with van der Waals surface area (Å²) in [5.74, 6) is -0.0574. The highest BCUT2D eigenvalue weighted by Crippen LogP contribution is 2.44. The molecule has 7 heteroatoms. The van der Waals surface area contributed by atoms with Crippen molar-refractivity contribution in [2.24, 2.45) is 5.92 Å². The van der Waals surface area contributed by atoms with Crippen LogP contribution in [0.4, 0.5) is 11.4 Å². The Bertz CT molecular complexity index is 1220. The van der Waals surface area contributed by atoms with Crippen LogP contribution in [0.25, 0.3) is 0 Å². The van der Waals surface area contributed by atoms with E-state index in [4.69, 9.17) is 12.2 Å². The van der Waals surface area contributed by atoms with E-state index >= 15 is 0 Å². The Morgan fingerprint density at radius 1 is 1.14 bits per heavy atom. The van der Waals surface area contributed by atoms with Gasteiger partial charge in [-0.3, -0.25) is 9.78 Å². The molecule has 1 aromatic carbocycles. The monoisotopic (exact) mass is 487 g/mol. The molecule has 1 saturated heterocycles. The molecule has 1 amide bonds. The van der Waals surface area contributed by atoms with Crippen molar-refractivity contribution in [3.63, 3.8) is 0 Å². The summed E-state index contributed by atoms with van der Waals surface area (Å²) in [6, 6.07) is 17.0. The SMILES string of the molecule is Cc1cc(N2C(=S)N[C@@H](c3ccccn3)[C@@H]2c2cccn2C2CCCC2)ccc1NC(=O)C(C)C. The summed E-state index contributed by atoms with van der Waals surface area (Å²) in [7, 11) is 0. The van der Waals surface area contributed by atoms with Crippen molar-refractivity contribution >= 4 is 34.6 Å². The van der Waals surface area contributed by atoms with E-state index < -0.39 is 0 Å². The second-order valence-corrected chi connectivity index (χ2v) is 10.3. The Hall–Kier alpha value is -3.19. The highest BCUT2D eigenvalue weighted by atomic mass is 32.1. The lowest BCUT2D eigenvalue weighted by molar-refractivity contribution is -0.118. The van der Waals surface area contributed by atoms with Gasteiger partial charge in [0.05, 0.1) is 11.7 Å². The lowest BCUT2D eigenvalue weighted by Crippen LogP contribution is -2.31. The van der Waals surface area contributed by atoms with E-state index in [2.05, 4.69) is 55.5 Å². The molecule has 0 radical (unpaired) electrons. The number of thiocarbonyl (C=S) groups is 1. The number of nitrogens with zero attached hydrogens (tertiary/aromatic N) is 3. The van der Waals surface area contributed by atoms with Crippen LogP contribution in [-0.4, -0.2) is 20.6 Å². The number of nitrogens with one attached hydrogen (secondary N) is 2. The van der Waals surface area contributed by atoms with Gasteiger partial charge in [0.25, 0.3) is 0 Å². The minimum absolute atomic E-state index is 0.0155. The number of hydrogen-bond donors (Lipinski definition) is 2. The van der Waals surface area contributed by atoms with Gasteiger partial charge in [-0.1, -0.05) is 32.8 Å². The number of pyridine rings is 1. The van der Waals surface area contributed by atoms with Crippen molar-refractivity contribution in [1.29, 1.82) is 0 Å². The van der Waals surface area contributed by atoms with Crippen molar-refractivity contribution in [2.75, 3.05) is 10.2 Å². The van der Waals surface area contributed by atoms with Crippen molar-refractivity contribution in [2.45, 2.75) is 64.6 Å². The topological polar surface area (TPSA) is 62.2 Å². The molecule has 0 unspecified atom stereocenters. The average Bonchev–Trinajstić information content (AvgIpc) is 3.60. The summed E-state index contributed by atoms with van der Waals surface area (Å²) in [5.41, 5.74) is 5.06. The third kappa shape index (κ3) is 4.57. The Kier molecular flexibility index (Phi) is 6.60. The molecule has 2 N–H and O–H groups in total. The molecule has 6 nitrogen and oxygen atoms in total. The molecule has 0 spiro atoms. The molecular weight excluding hydrogens is 454 g/mol. The fourth-order valence-corrected chi connectivity index (χ4v) is 5.67. The molecule has 3 heterocycles. The summed E-state index contributed by atoms with van der Waals surface area (Å²) in [4.78, 5) is 19.2. The second-order valence-electron chi connectivity index (χ2n) is 9.92. The van der Waals surface area contributed by atoms with Crippen LogP contribution in [0.15, 0.2) is 60.9 Å². The molecule has 2 atom stereocenters. The van der Waals surface area contributed by atoms with Gasteiger partial charge in [0.15, 0.2) is 5.11 Å². The third-order valence-electron chi connectivity index (χ3n) is 7.20. The Morgan fingerprint density at radius 3 is 2.63 bits per heavy atom. The molecule has 3 aromatic rings. The van der Waals surface area contributed by atoms with E-state index in [0.717, 1.165) is 22.6 Å². The highest BCUT2D eigenvalue weighted by molar-refractivity contribution is 7.80. The van der Waals surface area contributed by atoms with Gasteiger partial charge in [0.2, 0.25) is 5.91 Å². The van der Waals surface area contributed by atoms with Gasteiger partial charge in [-0.25, -0.2) is 0 Å². The van der Waals surface area contributed by atoms with E-state index in [1.54, 1.807) is 0 Å². The van der Waals surface area contributed by atoms with Crippen LogP contribution in [0.3, 0.4) is 0 Å². The van der Waals surface area contributed by atoms with E-state index in [9.17, 15) is 4.79 Å². The normalized spacial score (nSPS) is 20.5. The Labute approximate surface area is 212 Å². The molecule has 2 aliphatic rings. The lowest BCUT2D eigenvalue weighted by atomic mass is 10.00. The molecule has 35 heavy (non-hydrogen) atoms. The van der Waals surface area contributed by atoms with Crippen LogP contribution in [0.1, 0.15) is 74.6 Å². The number of benzene rings is 1. The summed E-state index contributed by atoms with van der Waals surface area (Å²) in [5, 5.41) is 7.29. The van der Waals surface area contributed by atoms with Crippen LogP contribution in [0, 0.1) is 12.8 Å². The number of amides is 1. The number of anilines is 2. The first-order valence-corrected chi connectivity index (χ1v) is 12.9. The molecule has 0 bridgehead atoms. The van der Waals surface area contributed by atoms with E-state index in [0.29, 0.717) is 11.2 Å². The quantitative estimate of drug-likeness (QED) is 0.413. The van der Waals surface area contributed by atoms with Crippen molar-refractivity contribution in [1.82, 2.24) is 14.9 Å². The average molecular weight is 488 g/mol. The van der Waals surface area contributed by atoms with E-state index in [1.807, 2.05) is 51.2 Å². The predicted octanol–water partition coefficient (Wildman–Crippen LogP) is 6.08. The van der Waals surface area contributed by atoms with Gasteiger partial charge in [-0.2, -0.15) is 0 Å². The number of carbonyl (C=O) groups excluding carboxylic acids is 1. The summed E-state index contributed by atoms with van der Waals surface area (Å²) < 4.78 is 2.46. The van der Waals surface area contributed by atoms with Crippen LogP contribution >= 0.6 is 12.2 Å². The van der Waals surface area contributed by atoms with E-state index in [-0.39, 0.29) is 23.9 Å². The highest BCUT2D eigenvalue weighted by Gasteiger charge is 2.42. The first kappa shape index (κ1) is 23.5. The molecule has 2 fully saturated rings. The molecule has 1 saturated carbocycles. The van der Waals surface area contributed by atoms with Gasteiger partial charge >= 0.3 is 0 Å². The van der Waals surface area contributed by atoms with Gasteiger partial charge in [0, 0.05) is 41.4 Å².